The Morgan fingerprint density at radius 1 is 1.19 bits per heavy atom. The second-order valence-corrected chi connectivity index (χ2v) is 8.58. The molecule has 2 rings (SSSR count). The van der Waals surface area contributed by atoms with Gasteiger partial charge in [0.15, 0.2) is 0 Å². The molecule has 0 aromatic heterocycles. The monoisotopic (exact) mass is 381 g/mol. The number of amides is 2. The summed E-state index contributed by atoms with van der Waals surface area (Å²) in [6.07, 6.45) is 3.28. The smallest absolute Gasteiger partial charge is 0.253 e. The Morgan fingerprint density at radius 2 is 1.77 bits per heavy atom. The van der Waals surface area contributed by atoms with Gasteiger partial charge in [-0.3, -0.25) is 14.3 Å². The molecule has 0 spiro atoms. The van der Waals surface area contributed by atoms with Crippen LogP contribution in [0.3, 0.4) is 0 Å². The van der Waals surface area contributed by atoms with Gasteiger partial charge in [-0.1, -0.05) is 6.92 Å². The third-order valence-electron chi connectivity index (χ3n) is 4.59. The summed E-state index contributed by atoms with van der Waals surface area (Å²) in [6.45, 7) is 5.10. The van der Waals surface area contributed by atoms with Crippen molar-refractivity contribution in [3.63, 3.8) is 0 Å². The lowest BCUT2D eigenvalue weighted by molar-refractivity contribution is -0.126. The zero-order chi connectivity index (χ0) is 19.3. The summed E-state index contributed by atoms with van der Waals surface area (Å²) < 4.78 is 24.8. The molecule has 26 heavy (non-hydrogen) atoms. The Kier molecular flexibility index (Phi) is 6.63. The minimum absolute atomic E-state index is 0.0469. The number of piperidine rings is 1. The highest BCUT2D eigenvalue weighted by atomic mass is 32.2. The molecule has 0 radical (unpaired) electrons. The van der Waals surface area contributed by atoms with Gasteiger partial charge in [0.25, 0.3) is 5.91 Å². The lowest BCUT2D eigenvalue weighted by Gasteiger charge is -2.32. The SMILES string of the molecule is CC[C@@H](C)NC(=O)C1CCN(C(=O)c2ccc(NS(C)(=O)=O)cc2)CC1. The molecule has 2 amide bonds. The number of likely N-dealkylation sites (tertiary alicyclic amines) is 1. The Hall–Kier alpha value is -2.09. The summed E-state index contributed by atoms with van der Waals surface area (Å²) in [5, 5.41) is 3.00. The van der Waals surface area contributed by atoms with Crippen LogP contribution in [0.1, 0.15) is 43.5 Å². The van der Waals surface area contributed by atoms with E-state index in [0.717, 1.165) is 12.7 Å². The maximum atomic E-state index is 12.6. The van der Waals surface area contributed by atoms with Crippen molar-refractivity contribution in [3.05, 3.63) is 29.8 Å². The third-order valence-corrected chi connectivity index (χ3v) is 5.20. The molecule has 144 valence electrons. The molecule has 1 heterocycles. The van der Waals surface area contributed by atoms with Crippen molar-refractivity contribution in [1.82, 2.24) is 10.2 Å². The minimum Gasteiger partial charge on any atom is -0.353 e. The van der Waals surface area contributed by atoms with E-state index in [4.69, 9.17) is 0 Å². The van der Waals surface area contributed by atoms with E-state index in [1.165, 1.54) is 0 Å². The highest BCUT2D eigenvalue weighted by Crippen LogP contribution is 2.20. The van der Waals surface area contributed by atoms with Gasteiger partial charge in [-0.2, -0.15) is 0 Å². The standard InChI is InChI=1S/C18H27N3O4S/c1-4-13(2)19-17(22)14-9-11-21(12-10-14)18(23)15-5-7-16(8-6-15)20-26(3,24)25/h5-8,13-14,20H,4,9-12H2,1-3H3,(H,19,22)/t13-/m1/s1. The third kappa shape index (κ3) is 5.72. The van der Waals surface area contributed by atoms with Crippen LogP contribution >= 0.6 is 0 Å². The van der Waals surface area contributed by atoms with Crippen molar-refractivity contribution in [2.45, 2.75) is 39.2 Å². The van der Waals surface area contributed by atoms with Crippen molar-refractivity contribution in [3.8, 4) is 0 Å². The van der Waals surface area contributed by atoms with Gasteiger partial charge in [0.1, 0.15) is 0 Å². The first-order valence-electron chi connectivity index (χ1n) is 8.87. The van der Waals surface area contributed by atoms with Gasteiger partial charge in [0.2, 0.25) is 15.9 Å². The predicted octanol–water partition coefficient (Wildman–Crippen LogP) is 1.82. The first kappa shape index (κ1) is 20.2. The van der Waals surface area contributed by atoms with E-state index in [-0.39, 0.29) is 23.8 Å². The van der Waals surface area contributed by atoms with Crippen LogP contribution in [0.2, 0.25) is 0 Å². The molecule has 1 aliphatic heterocycles. The fourth-order valence-corrected chi connectivity index (χ4v) is 3.45. The van der Waals surface area contributed by atoms with E-state index in [1.54, 1.807) is 29.2 Å². The number of hydrogen-bond acceptors (Lipinski definition) is 4. The van der Waals surface area contributed by atoms with Crippen LogP contribution < -0.4 is 10.0 Å². The number of benzene rings is 1. The number of anilines is 1. The number of carbonyl (C=O) groups excluding carboxylic acids is 2. The maximum Gasteiger partial charge on any atom is 0.253 e. The summed E-state index contributed by atoms with van der Waals surface area (Å²) >= 11 is 0. The number of carbonyl (C=O) groups is 2. The molecule has 7 nitrogen and oxygen atoms in total. The van der Waals surface area contributed by atoms with Crippen molar-refractivity contribution in [2.24, 2.45) is 5.92 Å². The molecule has 1 fully saturated rings. The number of sulfonamides is 1. The molecular weight excluding hydrogens is 354 g/mol. The minimum atomic E-state index is -3.34. The van der Waals surface area contributed by atoms with E-state index < -0.39 is 10.0 Å². The van der Waals surface area contributed by atoms with Crippen LogP contribution in [0.25, 0.3) is 0 Å². The van der Waals surface area contributed by atoms with E-state index in [2.05, 4.69) is 10.0 Å². The Morgan fingerprint density at radius 3 is 2.27 bits per heavy atom. The topological polar surface area (TPSA) is 95.6 Å². The number of rotatable bonds is 6. The van der Waals surface area contributed by atoms with Crippen molar-refractivity contribution in [1.29, 1.82) is 0 Å². The zero-order valence-corrected chi connectivity index (χ0v) is 16.3. The summed E-state index contributed by atoms with van der Waals surface area (Å²) in [5.41, 5.74) is 0.927. The lowest BCUT2D eigenvalue weighted by Crippen LogP contribution is -2.44. The second kappa shape index (κ2) is 8.53. The fraction of sp³-hybridized carbons (Fsp3) is 0.556. The largest absolute Gasteiger partial charge is 0.353 e. The van der Waals surface area contributed by atoms with Crippen LogP contribution in [0.15, 0.2) is 24.3 Å². The molecule has 2 N–H and O–H groups in total. The Labute approximate surface area is 155 Å². The highest BCUT2D eigenvalue weighted by molar-refractivity contribution is 7.92. The fourth-order valence-electron chi connectivity index (χ4n) is 2.89. The zero-order valence-electron chi connectivity index (χ0n) is 15.5. The molecule has 1 aliphatic rings. The molecule has 0 bridgehead atoms. The molecule has 1 atom stereocenters. The molecule has 0 aliphatic carbocycles. The number of nitrogens with one attached hydrogen (secondary N) is 2. The number of hydrogen-bond donors (Lipinski definition) is 2. The maximum absolute atomic E-state index is 12.6. The Balaban J connectivity index is 1.91. The first-order chi connectivity index (χ1) is 12.2. The van der Waals surface area contributed by atoms with Crippen LogP contribution in [0.5, 0.6) is 0 Å². The average Bonchev–Trinajstić information content (AvgIpc) is 2.60. The van der Waals surface area contributed by atoms with E-state index in [1.807, 2.05) is 13.8 Å². The molecule has 1 saturated heterocycles. The van der Waals surface area contributed by atoms with E-state index in [9.17, 15) is 18.0 Å². The van der Waals surface area contributed by atoms with Crippen LogP contribution in [0, 0.1) is 5.92 Å². The van der Waals surface area contributed by atoms with Gasteiger partial charge >= 0.3 is 0 Å². The molecule has 1 aromatic rings. The van der Waals surface area contributed by atoms with Gasteiger partial charge in [-0.15, -0.1) is 0 Å². The highest BCUT2D eigenvalue weighted by Gasteiger charge is 2.28. The molecule has 8 heteroatoms. The molecule has 0 unspecified atom stereocenters. The summed E-state index contributed by atoms with van der Waals surface area (Å²) in [4.78, 5) is 26.5. The molecule has 0 saturated carbocycles. The lowest BCUT2D eigenvalue weighted by atomic mass is 9.95. The van der Waals surface area contributed by atoms with E-state index in [0.29, 0.717) is 37.2 Å². The quantitative estimate of drug-likeness (QED) is 0.786. The van der Waals surface area contributed by atoms with Crippen LogP contribution in [0.4, 0.5) is 5.69 Å². The predicted molar refractivity (Wildman–Crippen MR) is 101 cm³/mol. The molecular formula is C18H27N3O4S. The number of nitrogens with zero attached hydrogens (tertiary/aromatic N) is 1. The van der Waals surface area contributed by atoms with Gasteiger partial charge in [-0.25, -0.2) is 8.42 Å². The van der Waals surface area contributed by atoms with Crippen LogP contribution in [-0.4, -0.2) is 50.5 Å². The van der Waals surface area contributed by atoms with Gasteiger partial charge < -0.3 is 10.2 Å². The van der Waals surface area contributed by atoms with Gasteiger partial charge in [0.05, 0.1) is 6.26 Å². The van der Waals surface area contributed by atoms with Crippen molar-refractivity contribution in [2.75, 3.05) is 24.1 Å². The van der Waals surface area contributed by atoms with Gasteiger partial charge in [0, 0.05) is 36.3 Å². The van der Waals surface area contributed by atoms with E-state index >= 15 is 0 Å². The summed E-state index contributed by atoms with van der Waals surface area (Å²) in [5.74, 6) is -0.0753. The van der Waals surface area contributed by atoms with Crippen molar-refractivity contribution < 1.29 is 18.0 Å². The average molecular weight is 381 g/mol. The van der Waals surface area contributed by atoms with Gasteiger partial charge in [-0.05, 0) is 50.5 Å². The van der Waals surface area contributed by atoms with Crippen molar-refractivity contribution >= 4 is 27.5 Å². The Bertz CT molecular complexity index is 738. The molecule has 1 aromatic carbocycles. The summed E-state index contributed by atoms with van der Waals surface area (Å²) in [6, 6.07) is 6.53. The summed E-state index contributed by atoms with van der Waals surface area (Å²) in [7, 11) is -3.34. The first-order valence-corrected chi connectivity index (χ1v) is 10.8. The normalized spacial score (nSPS) is 16.8. The van der Waals surface area contributed by atoms with Crippen LogP contribution in [-0.2, 0) is 14.8 Å². The second-order valence-electron chi connectivity index (χ2n) is 6.84.